The van der Waals surface area contributed by atoms with Gasteiger partial charge < -0.3 is 28.8 Å². The monoisotopic (exact) mass is 540 g/mol. The summed E-state index contributed by atoms with van der Waals surface area (Å²) in [5, 5.41) is 3.80. The fourth-order valence-electron chi connectivity index (χ4n) is 5.60. The van der Waals surface area contributed by atoms with Crippen LogP contribution in [-0.2, 0) is 11.2 Å². The fourth-order valence-corrected chi connectivity index (χ4v) is 5.60. The number of carbonyl (C=O) groups is 2. The van der Waals surface area contributed by atoms with Crippen LogP contribution in [0.25, 0.3) is 11.0 Å². The van der Waals surface area contributed by atoms with Gasteiger partial charge in [-0.15, -0.1) is 0 Å². The predicted molar refractivity (Wildman–Crippen MR) is 150 cm³/mol. The summed E-state index contributed by atoms with van der Waals surface area (Å²) in [6.07, 6.45) is 1.26. The molecule has 0 saturated carbocycles. The number of furan rings is 1. The van der Waals surface area contributed by atoms with Gasteiger partial charge in [0.15, 0.2) is 23.9 Å². The van der Waals surface area contributed by atoms with Crippen molar-refractivity contribution < 1.29 is 28.2 Å². The second kappa shape index (κ2) is 10.6. The number of nitrogens with zero attached hydrogens (tertiary/aromatic N) is 1. The number of aryl methyl sites for hydroxylation is 2. The van der Waals surface area contributed by atoms with E-state index in [1.165, 1.54) is 0 Å². The van der Waals surface area contributed by atoms with Crippen LogP contribution in [0.3, 0.4) is 0 Å². The van der Waals surface area contributed by atoms with Crippen molar-refractivity contribution in [1.82, 2.24) is 10.2 Å². The van der Waals surface area contributed by atoms with Crippen molar-refractivity contribution in [3.63, 3.8) is 0 Å². The van der Waals surface area contributed by atoms with E-state index >= 15 is 0 Å². The number of fused-ring (bicyclic) bond motifs is 9. The number of benzene rings is 3. The molecule has 40 heavy (non-hydrogen) atoms. The first-order valence-corrected chi connectivity index (χ1v) is 13.6. The second-order valence-electron chi connectivity index (χ2n) is 10.3. The van der Waals surface area contributed by atoms with E-state index in [0.29, 0.717) is 61.1 Å². The average Bonchev–Trinajstić information content (AvgIpc) is 3.29. The maximum Gasteiger partial charge on any atom is 0.290 e. The smallest absolute Gasteiger partial charge is 0.290 e. The molecule has 3 aliphatic rings. The Morgan fingerprint density at radius 3 is 2.80 bits per heavy atom. The minimum absolute atomic E-state index is 0.117. The lowest BCUT2D eigenvalue weighted by Gasteiger charge is -2.38. The highest BCUT2D eigenvalue weighted by Crippen LogP contribution is 2.43. The van der Waals surface area contributed by atoms with E-state index in [-0.39, 0.29) is 18.4 Å². The summed E-state index contributed by atoms with van der Waals surface area (Å²) in [6, 6.07) is 17.3. The molecule has 4 aromatic rings. The molecule has 1 atom stereocenters. The molecule has 4 heterocycles. The van der Waals surface area contributed by atoms with Gasteiger partial charge in [0.25, 0.3) is 11.8 Å². The summed E-state index contributed by atoms with van der Waals surface area (Å²) >= 11 is 0. The highest BCUT2D eigenvalue weighted by molar-refractivity contribution is 5.99. The van der Waals surface area contributed by atoms with Gasteiger partial charge in [0.2, 0.25) is 0 Å². The molecule has 8 heteroatoms. The zero-order valence-corrected chi connectivity index (χ0v) is 22.9. The molecule has 0 aliphatic carbocycles. The fraction of sp³-hybridized carbons (Fsp3) is 0.312. The molecule has 206 valence electrons. The molecule has 1 unspecified atom stereocenters. The molecule has 1 N–H and O–H groups in total. The Morgan fingerprint density at radius 1 is 1.07 bits per heavy atom. The number of amides is 2. The molecule has 0 radical (unpaired) electrons. The zero-order valence-electron chi connectivity index (χ0n) is 22.9. The van der Waals surface area contributed by atoms with E-state index < -0.39 is 6.04 Å². The van der Waals surface area contributed by atoms with Crippen LogP contribution in [0.1, 0.15) is 50.8 Å². The second-order valence-corrected chi connectivity index (χ2v) is 10.3. The number of ether oxygens (including phenoxy) is 3. The van der Waals surface area contributed by atoms with Gasteiger partial charge in [-0.2, -0.15) is 0 Å². The lowest BCUT2D eigenvalue weighted by molar-refractivity contribution is -0.123. The standard InChI is InChI=1S/C32H32N2O6/c1-19-8-9-24-20(2)31(40-26(24)14-19)32(36)34-12-10-21-16-28-27(37-3)17-25(21)30(34)22-6-4-7-23(15-22)38-13-5-11-33-29(35)18-39-28/h4,6-9,14-17,30H,5,10-13,18H2,1-3H3,(H,33,35). The van der Waals surface area contributed by atoms with E-state index in [9.17, 15) is 9.59 Å². The van der Waals surface area contributed by atoms with Crippen molar-refractivity contribution >= 4 is 22.8 Å². The van der Waals surface area contributed by atoms with E-state index in [1.807, 2.05) is 73.3 Å². The molecule has 1 aromatic heterocycles. The molecule has 3 aromatic carbocycles. The maximum absolute atomic E-state index is 14.2. The third-order valence-corrected chi connectivity index (χ3v) is 7.65. The topological polar surface area (TPSA) is 90.2 Å². The Bertz CT molecular complexity index is 1610. The summed E-state index contributed by atoms with van der Waals surface area (Å²) in [5.41, 5.74) is 5.49. The number of rotatable bonds is 2. The van der Waals surface area contributed by atoms with Crippen molar-refractivity contribution in [3.05, 3.63) is 88.2 Å². The van der Waals surface area contributed by atoms with Gasteiger partial charge in [-0.1, -0.05) is 24.3 Å². The number of hydrogen-bond donors (Lipinski definition) is 1. The Hall–Kier alpha value is -4.46. The van der Waals surface area contributed by atoms with Crippen LogP contribution < -0.4 is 19.5 Å². The van der Waals surface area contributed by atoms with Gasteiger partial charge in [-0.25, -0.2) is 0 Å². The Kier molecular flexibility index (Phi) is 6.84. The van der Waals surface area contributed by atoms with Crippen LogP contribution in [0.15, 0.2) is 59.0 Å². The van der Waals surface area contributed by atoms with Crippen molar-refractivity contribution in [1.29, 1.82) is 0 Å². The molecule has 0 spiro atoms. The SMILES string of the molecule is COc1cc2c3cc1OCC(=O)NCCCOc1cccc(c1)C2N(C(=O)c1oc2cc(C)ccc2c1C)CC3. The van der Waals surface area contributed by atoms with Gasteiger partial charge in [0.1, 0.15) is 11.3 Å². The highest BCUT2D eigenvalue weighted by Gasteiger charge is 2.36. The Morgan fingerprint density at radius 2 is 1.95 bits per heavy atom. The first-order valence-electron chi connectivity index (χ1n) is 13.6. The summed E-state index contributed by atoms with van der Waals surface area (Å²) in [4.78, 5) is 28.4. The first-order chi connectivity index (χ1) is 19.4. The predicted octanol–water partition coefficient (Wildman–Crippen LogP) is 5.12. The lowest BCUT2D eigenvalue weighted by Crippen LogP contribution is -2.40. The minimum Gasteiger partial charge on any atom is -0.494 e. The van der Waals surface area contributed by atoms with Gasteiger partial charge in [-0.3, -0.25) is 9.59 Å². The molecule has 7 rings (SSSR count). The molecule has 8 nitrogen and oxygen atoms in total. The third-order valence-electron chi connectivity index (χ3n) is 7.65. The lowest BCUT2D eigenvalue weighted by atomic mass is 9.87. The van der Waals surface area contributed by atoms with Crippen LogP contribution in [0.2, 0.25) is 0 Å². The highest BCUT2D eigenvalue weighted by atomic mass is 16.5. The summed E-state index contributed by atoms with van der Waals surface area (Å²) in [5.74, 6) is 1.68. The summed E-state index contributed by atoms with van der Waals surface area (Å²) in [6.45, 7) is 5.22. The normalized spacial score (nSPS) is 17.2. The number of methoxy groups -OCH3 is 1. The molecular weight excluding hydrogens is 508 g/mol. The van der Waals surface area contributed by atoms with Crippen molar-refractivity contribution in [2.45, 2.75) is 32.7 Å². The average molecular weight is 541 g/mol. The Balaban J connectivity index is 1.48. The van der Waals surface area contributed by atoms with Crippen molar-refractivity contribution in [2.75, 3.05) is 33.4 Å². The third kappa shape index (κ3) is 4.74. The van der Waals surface area contributed by atoms with E-state index in [4.69, 9.17) is 18.6 Å². The van der Waals surface area contributed by atoms with Crippen LogP contribution >= 0.6 is 0 Å². The maximum atomic E-state index is 14.2. The number of nitrogens with one attached hydrogen (secondary N) is 1. The molecular formula is C32H32N2O6. The van der Waals surface area contributed by atoms with Gasteiger partial charge in [0.05, 0.1) is 19.8 Å². The molecule has 6 bridgehead atoms. The summed E-state index contributed by atoms with van der Waals surface area (Å²) in [7, 11) is 1.57. The Labute approximate surface area is 232 Å². The molecule has 0 saturated heterocycles. The van der Waals surface area contributed by atoms with Crippen molar-refractivity contribution in [3.8, 4) is 17.2 Å². The van der Waals surface area contributed by atoms with E-state index in [2.05, 4.69) is 5.32 Å². The molecule has 3 aliphatic heterocycles. The van der Waals surface area contributed by atoms with Gasteiger partial charge in [-0.05, 0) is 79.3 Å². The van der Waals surface area contributed by atoms with E-state index in [0.717, 1.165) is 33.2 Å². The first kappa shape index (κ1) is 25.8. The quantitative estimate of drug-likeness (QED) is 0.380. The molecule has 0 fully saturated rings. The largest absolute Gasteiger partial charge is 0.494 e. The van der Waals surface area contributed by atoms with Crippen LogP contribution in [0.4, 0.5) is 0 Å². The zero-order chi connectivity index (χ0) is 27.8. The molecule has 2 amide bonds. The minimum atomic E-state index is -0.409. The van der Waals surface area contributed by atoms with Gasteiger partial charge in [0, 0.05) is 24.0 Å². The van der Waals surface area contributed by atoms with Crippen molar-refractivity contribution in [2.24, 2.45) is 0 Å². The number of carbonyl (C=O) groups excluding carboxylic acids is 2. The number of hydrogen-bond acceptors (Lipinski definition) is 6. The van der Waals surface area contributed by atoms with E-state index in [1.54, 1.807) is 7.11 Å². The van der Waals surface area contributed by atoms with Gasteiger partial charge >= 0.3 is 0 Å². The van der Waals surface area contributed by atoms with Crippen LogP contribution in [0, 0.1) is 13.8 Å². The van der Waals surface area contributed by atoms with Crippen LogP contribution in [0.5, 0.6) is 17.2 Å². The van der Waals surface area contributed by atoms with Crippen LogP contribution in [-0.4, -0.2) is 50.1 Å². The summed E-state index contributed by atoms with van der Waals surface area (Å²) < 4.78 is 23.8.